The maximum Gasteiger partial charge on any atom is 0.272 e. The van der Waals surface area contributed by atoms with Gasteiger partial charge in [-0.15, -0.1) is 0 Å². The van der Waals surface area contributed by atoms with Crippen molar-refractivity contribution in [3.63, 3.8) is 0 Å². The summed E-state index contributed by atoms with van der Waals surface area (Å²) in [5.41, 5.74) is 7.68. The number of benzene rings is 3. The maximum atomic E-state index is 12.4. The van der Waals surface area contributed by atoms with Crippen LogP contribution in [-0.2, 0) is 6.54 Å². The fraction of sp³-hybridized carbons (Fsp3) is 0.0833. The Kier molecular flexibility index (Phi) is 6.34. The monoisotopic (exact) mass is 571 g/mol. The lowest BCUT2D eigenvalue weighted by Crippen LogP contribution is -2.18. The van der Waals surface area contributed by atoms with E-state index >= 15 is 0 Å². The fourth-order valence-corrected chi connectivity index (χ4v) is 4.28. The first-order valence-corrected chi connectivity index (χ1v) is 11.3. The van der Waals surface area contributed by atoms with Crippen LogP contribution in [0, 0.1) is 10.5 Å². The van der Waals surface area contributed by atoms with Gasteiger partial charge in [0.1, 0.15) is 0 Å². The van der Waals surface area contributed by atoms with Gasteiger partial charge in [-0.1, -0.05) is 42.5 Å². The SMILES string of the molecule is Cc1c(/C=N/NC(=O)c2ccccc2Br)c2ccccc2n1Cc1ccc(I)cc1. The summed E-state index contributed by atoms with van der Waals surface area (Å²) in [4.78, 5) is 12.4. The first-order chi connectivity index (χ1) is 14.5. The molecule has 1 aromatic heterocycles. The number of para-hydroxylation sites is 1. The minimum Gasteiger partial charge on any atom is -0.340 e. The van der Waals surface area contributed by atoms with E-state index in [9.17, 15) is 4.79 Å². The number of amides is 1. The van der Waals surface area contributed by atoms with E-state index in [0.717, 1.165) is 33.2 Å². The third-order valence-corrected chi connectivity index (χ3v) is 6.42. The van der Waals surface area contributed by atoms with Crippen molar-refractivity contribution in [3.8, 4) is 0 Å². The van der Waals surface area contributed by atoms with Gasteiger partial charge in [0.2, 0.25) is 0 Å². The second kappa shape index (κ2) is 9.14. The summed E-state index contributed by atoms with van der Waals surface area (Å²) in [5, 5.41) is 5.35. The second-order valence-electron chi connectivity index (χ2n) is 6.91. The molecule has 1 N–H and O–H groups in total. The molecule has 4 rings (SSSR count). The fourth-order valence-electron chi connectivity index (χ4n) is 3.46. The molecule has 0 bridgehead atoms. The molecular formula is C24H19BrIN3O. The predicted octanol–water partition coefficient (Wildman–Crippen LogP) is 6.13. The van der Waals surface area contributed by atoms with Crippen LogP contribution in [0.25, 0.3) is 10.9 Å². The Labute approximate surface area is 197 Å². The van der Waals surface area contributed by atoms with E-state index in [1.54, 1.807) is 12.3 Å². The van der Waals surface area contributed by atoms with Crippen molar-refractivity contribution in [2.24, 2.45) is 5.10 Å². The van der Waals surface area contributed by atoms with Crippen molar-refractivity contribution in [2.75, 3.05) is 0 Å². The lowest BCUT2D eigenvalue weighted by molar-refractivity contribution is 0.0954. The summed E-state index contributed by atoms with van der Waals surface area (Å²) < 4.78 is 4.25. The standard InChI is InChI=1S/C24H19BrIN3O/c1-16-21(14-27-28-24(30)20-7-2-4-8-22(20)25)19-6-3-5-9-23(19)29(16)15-17-10-12-18(26)13-11-17/h2-14H,15H2,1H3,(H,28,30)/b27-14+. The van der Waals surface area contributed by atoms with Crippen LogP contribution in [0.2, 0.25) is 0 Å². The van der Waals surface area contributed by atoms with Gasteiger partial charge in [-0.25, -0.2) is 5.43 Å². The van der Waals surface area contributed by atoms with Crippen molar-refractivity contribution in [3.05, 3.63) is 103 Å². The molecule has 0 fully saturated rings. The third kappa shape index (κ3) is 4.34. The van der Waals surface area contributed by atoms with Crippen LogP contribution in [0.4, 0.5) is 0 Å². The molecule has 0 radical (unpaired) electrons. The molecule has 0 unspecified atom stereocenters. The zero-order valence-electron chi connectivity index (χ0n) is 16.3. The topological polar surface area (TPSA) is 46.4 Å². The number of hydrogen-bond donors (Lipinski definition) is 1. The summed E-state index contributed by atoms with van der Waals surface area (Å²) >= 11 is 5.72. The van der Waals surface area contributed by atoms with Crippen LogP contribution in [0.5, 0.6) is 0 Å². The molecule has 150 valence electrons. The van der Waals surface area contributed by atoms with Gasteiger partial charge in [-0.05, 0) is 81.3 Å². The van der Waals surface area contributed by atoms with Crippen molar-refractivity contribution in [2.45, 2.75) is 13.5 Å². The van der Waals surface area contributed by atoms with E-state index in [2.05, 4.69) is 96.9 Å². The normalized spacial score (nSPS) is 11.3. The lowest BCUT2D eigenvalue weighted by Gasteiger charge is -2.09. The predicted molar refractivity (Wildman–Crippen MR) is 134 cm³/mol. The van der Waals surface area contributed by atoms with E-state index in [1.807, 2.05) is 30.3 Å². The number of fused-ring (bicyclic) bond motifs is 1. The van der Waals surface area contributed by atoms with Gasteiger partial charge in [0.05, 0.1) is 11.8 Å². The van der Waals surface area contributed by atoms with Crippen LogP contribution in [-0.4, -0.2) is 16.7 Å². The van der Waals surface area contributed by atoms with Gasteiger partial charge in [-0.3, -0.25) is 4.79 Å². The average Bonchev–Trinajstić information content (AvgIpc) is 3.01. The zero-order chi connectivity index (χ0) is 21.1. The van der Waals surface area contributed by atoms with Gasteiger partial charge < -0.3 is 4.57 Å². The van der Waals surface area contributed by atoms with Crippen LogP contribution >= 0.6 is 38.5 Å². The number of carbonyl (C=O) groups excluding carboxylic acids is 1. The summed E-state index contributed by atoms with van der Waals surface area (Å²) in [7, 11) is 0. The van der Waals surface area contributed by atoms with E-state index in [1.165, 1.54) is 9.13 Å². The molecule has 6 heteroatoms. The molecule has 1 heterocycles. The quantitative estimate of drug-likeness (QED) is 0.175. The highest BCUT2D eigenvalue weighted by Gasteiger charge is 2.13. The second-order valence-corrected chi connectivity index (χ2v) is 9.01. The highest BCUT2D eigenvalue weighted by molar-refractivity contribution is 14.1. The summed E-state index contributed by atoms with van der Waals surface area (Å²) in [6.07, 6.45) is 1.73. The Morgan fingerprint density at radius 2 is 1.77 bits per heavy atom. The smallest absolute Gasteiger partial charge is 0.272 e. The van der Waals surface area contributed by atoms with E-state index in [0.29, 0.717) is 5.56 Å². The largest absolute Gasteiger partial charge is 0.340 e. The molecule has 0 aliphatic rings. The number of hydrogen-bond acceptors (Lipinski definition) is 2. The van der Waals surface area contributed by atoms with Gasteiger partial charge >= 0.3 is 0 Å². The van der Waals surface area contributed by atoms with Gasteiger partial charge in [0.15, 0.2) is 0 Å². The van der Waals surface area contributed by atoms with Crippen molar-refractivity contribution < 1.29 is 4.79 Å². The molecular weight excluding hydrogens is 553 g/mol. The Morgan fingerprint density at radius 3 is 2.53 bits per heavy atom. The van der Waals surface area contributed by atoms with Crippen molar-refractivity contribution >= 4 is 61.5 Å². The third-order valence-electron chi connectivity index (χ3n) is 5.01. The number of nitrogens with one attached hydrogen (secondary N) is 1. The highest BCUT2D eigenvalue weighted by atomic mass is 127. The Hall–Kier alpha value is -2.45. The molecule has 0 aliphatic heterocycles. The van der Waals surface area contributed by atoms with E-state index in [-0.39, 0.29) is 5.91 Å². The Morgan fingerprint density at radius 1 is 1.07 bits per heavy atom. The summed E-state index contributed by atoms with van der Waals surface area (Å²) in [5.74, 6) is -0.251. The molecule has 3 aromatic carbocycles. The lowest BCUT2D eigenvalue weighted by atomic mass is 10.1. The molecule has 1 amide bonds. The number of aromatic nitrogens is 1. The summed E-state index contributed by atoms with van der Waals surface area (Å²) in [6.45, 7) is 2.87. The van der Waals surface area contributed by atoms with Crippen LogP contribution in [0.1, 0.15) is 27.2 Å². The Bertz CT molecular complexity index is 1250. The molecule has 0 atom stereocenters. The number of rotatable bonds is 5. The molecule has 0 saturated heterocycles. The molecule has 4 nitrogen and oxygen atoms in total. The molecule has 0 saturated carbocycles. The van der Waals surface area contributed by atoms with Crippen LogP contribution in [0.3, 0.4) is 0 Å². The van der Waals surface area contributed by atoms with Gasteiger partial charge in [0, 0.05) is 36.7 Å². The minimum absolute atomic E-state index is 0.251. The van der Waals surface area contributed by atoms with Crippen molar-refractivity contribution in [1.29, 1.82) is 0 Å². The zero-order valence-corrected chi connectivity index (χ0v) is 20.0. The van der Waals surface area contributed by atoms with Crippen molar-refractivity contribution in [1.82, 2.24) is 9.99 Å². The molecule has 0 aliphatic carbocycles. The number of carbonyl (C=O) groups is 1. The summed E-state index contributed by atoms with van der Waals surface area (Å²) in [6, 6.07) is 24.1. The Balaban J connectivity index is 1.63. The molecule has 0 spiro atoms. The minimum atomic E-state index is -0.251. The average molecular weight is 572 g/mol. The number of halogens is 2. The number of hydrazone groups is 1. The highest BCUT2D eigenvalue weighted by Crippen LogP contribution is 2.26. The molecule has 4 aromatic rings. The van der Waals surface area contributed by atoms with E-state index < -0.39 is 0 Å². The van der Waals surface area contributed by atoms with Gasteiger partial charge in [-0.2, -0.15) is 5.10 Å². The van der Waals surface area contributed by atoms with Crippen LogP contribution < -0.4 is 5.43 Å². The number of nitrogens with zero attached hydrogens (tertiary/aromatic N) is 2. The first-order valence-electron chi connectivity index (χ1n) is 9.45. The molecule has 30 heavy (non-hydrogen) atoms. The van der Waals surface area contributed by atoms with Gasteiger partial charge in [0.25, 0.3) is 5.91 Å². The first kappa shape index (κ1) is 20.8. The maximum absolute atomic E-state index is 12.4. The van der Waals surface area contributed by atoms with E-state index in [4.69, 9.17) is 0 Å². The van der Waals surface area contributed by atoms with Crippen LogP contribution in [0.15, 0.2) is 82.4 Å².